The summed E-state index contributed by atoms with van der Waals surface area (Å²) in [6, 6.07) is 3.70. The number of carbonyl (C=O) groups is 3. The summed E-state index contributed by atoms with van der Waals surface area (Å²) in [7, 11) is 1.42. The smallest absolute Gasteiger partial charge is 0.497 e. The van der Waals surface area contributed by atoms with Gasteiger partial charge < -0.3 is 14.8 Å². The van der Waals surface area contributed by atoms with Crippen LogP contribution in [0.4, 0.5) is 23.7 Å². The maximum atomic E-state index is 12.9. The first kappa shape index (κ1) is 22.0. The highest BCUT2D eigenvalue weighted by Crippen LogP contribution is 2.26. The van der Waals surface area contributed by atoms with Crippen LogP contribution in [0.5, 0.6) is 5.75 Å². The van der Waals surface area contributed by atoms with Crippen LogP contribution in [-0.4, -0.2) is 65.9 Å². The van der Waals surface area contributed by atoms with Gasteiger partial charge in [-0.1, -0.05) is 0 Å². The lowest BCUT2D eigenvalue weighted by Gasteiger charge is -2.28. The summed E-state index contributed by atoms with van der Waals surface area (Å²) < 4.78 is 47.1. The van der Waals surface area contributed by atoms with Gasteiger partial charge in [0.2, 0.25) is 0 Å². The first-order chi connectivity index (χ1) is 14.6. The van der Waals surface area contributed by atoms with Crippen molar-refractivity contribution in [3.63, 3.8) is 0 Å². The van der Waals surface area contributed by atoms with Crippen molar-refractivity contribution in [3.8, 4) is 5.75 Å². The molecule has 3 rings (SSSR count). The van der Waals surface area contributed by atoms with Gasteiger partial charge in [-0.15, -0.1) is 18.2 Å². The summed E-state index contributed by atoms with van der Waals surface area (Å²) in [5, 5.41) is 2.42. The molecule has 0 saturated heterocycles. The zero-order valence-corrected chi connectivity index (χ0v) is 16.5. The van der Waals surface area contributed by atoms with E-state index >= 15 is 0 Å². The molecule has 0 radical (unpaired) electrons. The number of rotatable bonds is 6. The van der Waals surface area contributed by atoms with Gasteiger partial charge >= 0.3 is 18.3 Å². The number of hydrogen-bond donors (Lipinski definition) is 1. The monoisotopic (exact) mass is 439 g/mol. The molecule has 4 amide bonds. The van der Waals surface area contributed by atoms with Crippen molar-refractivity contribution in [3.05, 3.63) is 36.1 Å². The van der Waals surface area contributed by atoms with E-state index in [-0.39, 0.29) is 11.5 Å². The average molecular weight is 439 g/mol. The van der Waals surface area contributed by atoms with Crippen LogP contribution in [0.3, 0.4) is 0 Å². The van der Waals surface area contributed by atoms with Crippen molar-refractivity contribution in [1.29, 1.82) is 0 Å². The van der Waals surface area contributed by atoms with Crippen LogP contribution in [0, 0.1) is 5.92 Å². The molecular formula is C19H18F3N4O5+. The fraction of sp³-hybridized carbons (Fsp3) is 0.316. The zero-order chi connectivity index (χ0) is 22.8. The van der Waals surface area contributed by atoms with Crippen molar-refractivity contribution >= 4 is 35.6 Å². The van der Waals surface area contributed by atoms with Gasteiger partial charge in [0.25, 0.3) is 11.7 Å². The second kappa shape index (κ2) is 8.58. The minimum absolute atomic E-state index is 0.161. The molecule has 2 aliphatic heterocycles. The Labute approximate surface area is 174 Å². The van der Waals surface area contributed by atoms with Gasteiger partial charge in [0.15, 0.2) is 12.5 Å². The fourth-order valence-corrected chi connectivity index (χ4v) is 3.05. The van der Waals surface area contributed by atoms with Crippen molar-refractivity contribution in [2.45, 2.75) is 13.3 Å². The Hall–Kier alpha value is -3.70. The lowest BCUT2D eigenvalue weighted by Crippen LogP contribution is -2.56. The number of dihydropyridines is 1. The van der Waals surface area contributed by atoms with E-state index in [0.29, 0.717) is 12.4 Å². The third-order valence-electron chi connectivity index (χ3n) is 4.35. The van der Waals surface area contributed by atoms with E-state index in [4.69, 9.17) is 4.74 Å². The van der Waals surface area contributed by atoms with E-state index in [1.807, 2.05) is 0 Å². The number of ether oxygens (including phenoxy) is 2. The SMILES string of the molecule is CCOC1=CC=NC2=[N+](C)C(=O)N(CC(=O)Nc3ccc(OC(F)(F)F)cc3)C(=O)C12. The molecule has 164 valence electrons. The molecular weight excluding hydrogens is 421 g/mol. The number of urea groups is 1. The predicted octanol–water partition coefficient (Wildman–Crippen LogP) is 2.15. The lowest BCUT2D eigenvalue weighted by atomic mass is 9.99. The molecule has 0 aliphatic carbocycles. The number of nitrogens with zero attached hydrogens (tertiary/aromatic N) is 3. The number of alkyl halides is 3. The molecule has 1 unspecified atom stereocenters. The van der Waals surface area contributed by atoms with E-state index in [1.165, 1.54) is 31.5 Å². The van der Waals surface area contributed by atoms with E-state index in [0.717, 1.165) is 21.6 Å². The highest BCUT2D eigenvalue weighted by molar-refractivity contribution is 6.16. The van der Waals surface area contributed by atoms with E-state index in [1.54, 1.807) is 6.92 Å². The highest BCUT2D eigenvalue weighted by Gasteiger charge is 2.50. The van der Waals surface area contributed by atoms with Crippen LogP contribution >= 0.6 is 0 Å². The molecule has 1 aromatic carbocycles. The Morgan fingerprint density at radius 2 is 1.94 bits per heavy atom. The minimum atomic E-state index is -4.83. The fourth-order valence-electron chi connectivity index (χ4n) is 3.05. The van der Waals surface area contributed by atoms with Gasteiger partial charge in [-0.05, 0) is 31.2 Å². The Balaban J connectivity index is 1.72. The molecule has 1 N–H and O–H groups in total. The van der Waals surface area contributed by atoms with E-state index in [2.05, 4.69) is 15.0 Å². The molecule has 2 aliphatic rings. The van der Waals surface area contributed by atoms with Gasteiger partial charge in [0, 0.05) is 11.8 Å². The minimum Gasteiger partial charge on any atom is -0.497 e. The zero-order valence-electron chi connectivity index (χ0n) is 16.5. The number of benzene rings is 1. The molecule has 0 fully saturated rings. The molecule has 9 nitrogen and oxygen atoms in total. The molecule has 0 saturated carbocycles. The average Bonchev–Trinajstić information content (AvgIpc) is 2.70. The molecule has 0 aromatic heterocycles. The number of allylic oxidation sites excluding steroid dienone is 1. The number of hydrogen-bond acceptors (Lipinski definition) is 6. The maximum Gasteiger partial charge on any atom is 0.573 e. The second-order valence-electron chi connectivity index (χ2n) is 6.46. The topological polar surface area (TPSA) is 100 Å². The van der Waals surface area contributed by atoms with Crippen LogP contribution in [0.15, 0.2) is 41.1 Å². The van der Waals surface area contributed by atoms with Gasteiger partial charge in [0.1, 0.15) is 17.7 Å². The number of nitrogens with one attached hydrogen (secondary N) is 1. The van der Waals surface area contributed by atoms with Crippen LogP contribution in [0.1, 0.15) is 6.92 Å². The molecule has 1 atom stereocenters. The summed E-state index contributed by atoms with van der Waals surface area (Å²) in [5.74, 6) is -2.30. The van der Waals surface area contributed by atoms with Gasteiger partial charge in [0.05, 0.1) is 13.7 Å². The van der Waals surface area contributed by atoms with Gasteiger partial charge in [-0.25, -0.2) is 4.79 Å². The highest BCUT2D eigenvalue weighted by atomic mass is 19.4. The molecule has 31 heavy (non-hydrogen) atoms. The third kappa shape index (κ3) is 4.90. The standard InChI is InChI=1S/C19H17F3N4O5/c1-3-30-13-8-9-23-16-15(13)17(28)26(18(29)25(16)2)10-14(27)24-11-4-6-12(7-5-11)31-19(20,21)22/h4-9,15H,3,10H2,1-2H3/p+1. The number of aliphatic imine (C=N–C) groups is 1. The Morgan fingerprint density at radius 3 is 2.55 bits per heavy atom. The normalized spacial score (nSPS) is 18.5. The molecule has 2 heterocycles. The van der Waals surface area contributed by atoms with Crippen LogP contribution in [0.25, 0.3) is 0 Å². The van der Waals surface area contributed by atoms with Crippen LogP contribution in [-0.2, 0) is 14.3 Å². The van der Waals surface area contributed by atoms with Crippen molar-refractivity contribution in [2.75, 3.05) is 25.5 Å². The quantitative estimate of drug-likeness (QED) is 0.685. The Bertz CT molecular complexity index is 999. The largest absolute Gasteiger partial charge is 0.573 e. The lowest BCUT2D eigenvalue weighted by molar-refractivity contribution is -0.408. The van der Waals surface area contributed by atoms with Crippen molar-refractivity contribution in [2.24, 2.45) is 10.9 Å². The van der Waals surface area contributed by atoms with Crippen LogP contribution in [0.2, 0.25) is 0 Å². The number of amides is 4. The van der Waals surface area contributed by atoms with E-state index < -0.39 is 42.4 Å². The first-order valence-corrected chi connectivity index (χ1v) is 9.09. The summed E-state index contributed by atoms with van der Waals surface area (Å²) in [5.41, 5.74) is 0.161. The van der Waals surface area contributed by atoms with E-state index in [9.17, 15) is 27.6 Å². The van der Waals surface area contributed by atoms with Gasteiger partial charge in [-0.2, -0.15) is 9.48 Å². The predicted molar refractivity (Wildman–Crippen MR) is 102 cm³/mol. The third-order valence-corrected chi connectivity index (χ3v) is 4.35. The Morgan fingerprint density at radius 1 is 1.26 bits per heavy atom. The molecule has 0 bridgehead atoms. The number of amidine groups is 1. The summed E-state index contributed by atoms with van der Waals surface area (Å²) in [4.78, 5) is 42.8. The molecule has 0 spiro atoms. The Kier molecular flexibility index (Phi) is 6.09. The van der Waals surface area contributed by atoms with Crippen LogP contribution < -0.4 is 10.1 Å². The van der Waals surface area contributed by atoms with Crippen molar-refractivity contribution in [1.82, 2.24) is 4.90 Å². The first-order valence-electron chi connectivity index (χ1n) is 9.09. The number of carbonyl (C=O) groups excluding carboxylic acids is 3. The summed E-state index contributed by atoms with van der Waals surface area (Å²) >= 11 is 0. The number of imide groups is 1. The second-order valence-corrected chi connectivity index (χ2v) is 6.46. The maximum absolute atomic E-state index is 12.9. The number of anilines is 1. The number of fused-ring (bicyclic) bond motifs is 1. The van der Waals surface area contributed by atoms with Crippen molar-refractivity contribution < 1.29 is 41.6 Å². The summed E-state index contributed by atoms with van der Waals surface area (Å²) in [6.07, 6.45) is -1.90. The molecule has 1 aromatic rings. The number of halogens is 3. The molecule has 12 heteroatoms. The van der Waals surface area contributed by atoms with Gasteiger partial charge in [-0.3, -0.25) is 9.59 Å². The summed E-state index contributed by atoms with van der Waals surface area (Å²) in [6.45, 7) is 1.43.